The van der Waals surface area contributed by atoms with Gasteiger partial charge in [-0.3, -0.25) is 14.4 Å². The maximum absolute atomic E-state index is 12.5. The molecule has 0 fully saturated rings. The fourth-order valence-electron chi connectivity index (χ4n) is 3.58. The smallest absolute Gasteiger partial charge is 0.265 e. The molecule has 166 valence electrons. The third-order valence-corrected chi connectivity index (χ3v) is 5.27. The van der Waals surface area contributed by atoms with Crippen molar-refractivity contribution < 1.29 is 14.3 Å². The summed E-state index contributed by atoms with van der Waals surface area (Å²) in [6.07, 6.45) is 1.25. The first-order chi connectivity index (χ1) is 16.0. The highest BCUT2D eigenvalue weighted by Crippen LogP contribution is 2.32. The van der Waals surface area contributed by atoms with E-state index < -0.39 is 6.10 Å². The third-order valence-electron chi connectivity index (χ3n) is 5.27. The van der Waals surface area contributed by atoms with Crippen molar-refractivity contribution in [3.63, 3.8) is 0 Å². The predicted molar refractivity (Wildman–Crippen MR) is 122 cm³/mol. The molecule has 33 heavy (non-hydrogen) atoms. The normalized spacial score (nSPS) is 14.9. The number of rotatable bonds is 5. The minimum atomic E-state index is -0.567. The second-order valence-corrected chi connectivity index (χ2v) is 7.65. The Bertz CT molecular complexity index is 1430. The highest BCUT2D eigenvalue weighted by Gasteiger charge is 2.23. The minimum Gasteiger partial charge on any atom is -0.479 e. The number of ether oxygens (including phenoxy) is 1. The lowest BCUT2D eigenvalue weighted by Gasteiger charge is -2.23. The van der Waals surface area contributed by atoms with Crippen LogP contribution in [0.25, 0.3) is 16.7 Å². The van der Waals surface area contributed by atoms with Crippen molar-refractivity contribution in [2.24, 2.45) is 0 Å². The van der Waals surface area contributed by atoms with Crippen molar-refractivity contribution in [3.8, 4) is 11.4 Å². The number of carbonyl (C=O) groups excluding carboxylic acids is 2. The number of fused-ring (bicyclic) bond motifs is 2. The van der Waals surface area contributed by atoms with Gasteiger partial charge in [0.05, 0.1) is 17.6 Å². The maximum atomic E-state index is 12.5. The van der Waals surface area contributed by atoms with Gasteiger partial charge in [0, 0.05) is 18.5 Å². The van der Waals surface area contributed by atoms with Gasteiger partial charge in [-0.25, -0.2) is 9.67 Å². The zero-order valence-corrected chi connectivity index (χ0v) is 17.7. The summed E-state index contributed by atoms with van der Waals surface area (Å²) in [6, 6.07) is 14.4. The monoisotopic (exact) mass is 444 g/mol. The number of hydrogen-bond acceptors (Lipinski definition) is 6. The lowest BCUT2D eigenvalue weighted by atomic mass is 10.2. The van der Waals surface area contributed by atoms with E-state index >= 15 is 0 Å². The predicted octanol–water partition coefficient (Wildman–Crippen LogP) is 2.40. The molecule has 0 spiro atoms. The van der Waals surface area contributed by atoms with E-state index in [9.17, 15) is 14.4 Å². The molecular formula is C23H20N6O4. The van der Waals surface area contributed by atoms with Crippen LogP contribution in [0.4, 0.5) is 11.4 Å². The lowest BCUT2D eigenvalue weighted by Crippen LogP contribution is -2.34. The maximum Gasteiger partial charge on any atom is 0.265 e. The Morgan fingerprint density at radius 2 is 2.00 bits per heavy atom. The van der Waals surface area contributed by atoms with Crippen molar-refractivity contribution in [2.75, 3.05) is 10.6 Å². The van der Waals surface area contributed by atoms with E-state index in [1.54, 1.807) is 29.8 Å². The first kappa shape index (κ1) is 20.4. The minimum absolute atomic E-state index is 0.102. The first-order valence-corrected chi connectivity index (χ1v) is 10.4. The Balaban J connectivity index is 1.30. The Morgan fingerprint density at radius 3 is 2.82 bits per heavy atom. The molecule has 10 nitrogen and oxygen atoms in total. The Labute approximate surface area is 187 Å². The average Bonchev–Trinajstić information content (AvgIpc) is 3.24. The number of amides is 2. The molecule has 1 aliphatic heterocycles. The fraction of sp³-hybridized carbons (Fsp3) is 0.174. The molecule has 1 atom stereocenters. The zero-order valence-electron chi connectivity index (χ0n) is 17.7. The van der Waals surface area contributed by atoms with E-state index in [2.05, 4.69) is 25.7 Å². The van der Waals surface area contributed by atoms with Gasteiger partial charge < -0.3 is 20.4 Å². The van der Waals surface area contributed by atoms with Crippen LogP contribution in [0.1, 0.15) is 19.2 Å². The van der Waals surface area contributed by atoms with Crippen LogP contribution in [0.15, 0.2) is 59.5 Å². The molecule has 2 aromatic heterocycles. The van der Waals surface area contributed by atoms with E-state index in [0.717, 1.165) is 5.69 Å². The number of hydrogen-bond donors (Lipinski definition) is 3. The van der Waals surface area contributed by atoms with Crippen molar-refractivity contribution in [3.05, 3.63) is 70.9 Å². The molecule has 0 saturated carbocycles. The van der Waals surface area contributed by atoms with Gasteiger partial charge in [-0.1, -0.05) is 18.2 Å². The molecule has 2 aromatic carbocycles. The molecule has 0 bridgehead atoms. The summed E-state index contributed by atoms with van der Waals surface area (Å²) in [7, 11) is 0. The van der Waals surface area contributed by atoms with Gasteiger partial charge >= 0.3 is 0 Å². The van der Waals surface area contributed by atoms with Gasteiger partial charge in [-0.2, -0.15) is 5.10 Å². The SMILES string of the molecule is C[C@@H]1Oc2ccc(NC(=O)CCc3nc4c(cnn4-c4ccccc4)c(=O)[nH]3)cc2NC1=O. The van der Waals surface area contributed by atoms with Crippen molar-refractivity contribution in [2.45, 2.75) is 25.9 Å². The van der Waals surface area contributed by atoms with Crippen molar-refractivity contribution >= 4 is 34.2 Å². The Morgan fingerprint density at radius 1 is 1.18 bits per heavy atom. The highest BCUT2D eigenvalue weighted by molar-refractivity contribution is 5.99. The Kier molecular flexibility index (Phi) is 5.09. The number of carbonyl (C=O) groups is 2. The van der Waals surface area contributed by atoms with Crippen LogP contribution in [0, 0.1) is 0 Å². The number of aromatic amines is 1. The number of nitrogens with one attached hydrogen (secondary N) is 3. The van der Waals surface area contributed by atoms with Crippen LogP contribution in [0.2, 0.25) is 0 Å². The summed E-state index contributed by atoms with van der Waals surface area (Å²) in [5.74, 6) is 0.433. The van der Waals surface area contributed by atoms with Gasteiger partial charge in [0.1, 0.15) is 17.0 Å². The van der Waals surface area contributed by atoms with Gasteiger partial charge in [0.2, 0.25) is 5.91 Å². The Hall–Kier alpha value is -4.47. The van der Waals surface area contributed by atoms with Crippen molar-refractivity contribution in [1.82, 2.24) is 19.7 Å². The number of para-hydroxylation sites is 1. The topological polar surface area (TPSA) is 131 Å². The molecule has 0 radical (unpaired) electrons. The van der Waals surface area contributed by atoms with Gasteiger partial charge in [0.15, 0.2) is 11.8 Å². The quantitative estimate of drug-likeness (QED) is 0.433. The molecule has 3 N–H and O–H groups in total. The largest absolute Gasteiger partial charge is 0.479 e. The fourth-order valence-corrected chi connectivity index (χ4v) is 3.58. The number of aromatic nitrogens is 4. The molecule has 0 aliphatic carbocycles. The molecule has 4 aromatic rings. The number of anilines is 2. The van der Waals surface area contributed by atoms with Crippen LogP contribution < -0.4 is 20.9 Å². The molecule has 3 heterocycles. The van der Waals surface area contributed by atoms with Crippen LogP contribution in [-0.2, 0) is 16.0 Å². The number of benzene rings is 2. The van der Waals surface area contributed by atoms with E-state index in [-0.39, 0.29) is 30.2 Å². The van der Waals surface area contributed by atoms with Crippen LogP contribution in [-0.4, -0.2) is 37.7 Å². The summed E-state index contributed by atoms with van der Waals surface area (Å²) in [5.41, 5.74) is 1.93. The molecular weight excluding hydrogens is 424 g/mol. The summed E-state index contributed by atoms with van der Waals surface area (Å²) >= 11 is 0. The average molecular weight is 444 g/mol. The summed E-state index contributed by atoms with van der Waals surface area (Å²) in [6.45, 7) is 1.66. The van der Waals surface area contributed by atoms with Crippen LogP contribution >= 0.6 is 0 Å². The van der Waals surface area contributed by atoms with E-state index in [4.69, 9.17) is 4.74 Å². The number of H-pyrrole nitrogens is 1. The lowest BCUT2D eigenvalue weighted by molar-refractivity contribution is -0.122. The van der Waals surface area contributed by atoms with E-state index in [1.807, 2.05) is 30.3 Å². The second-order valence-electron chi connectivity index (χ2n) is 7.65. The standard InChI is InChI=1S/C23H20N6O4/c1-13-22(31)26-17-11-14(7-8-18(17)33-13)25-20(30)10-9-19-27-21-16(23(32)28-19)12-24-29(21)15-5-3-2-4-6-15/h2-8,11-13H,9-10H2,1H3,(H,25,30)(H,26,31)(H,27,28,32)/t13-/m0/s1. The molecule has 5 rings (SSSR count). The number of aryl methyl sites for hydroxylation is 1. The van der Waals surface area contributed by atoms with Gasteiger partial charge in [-0.15, -0.1) is 0 Å². The van der Waals surface area contributed by atoms with Crippen LogP contribution in [0.3, 0.4) is 0 Å². The summed E-state index contributed by atoms with van der Waals surface area (Å²) in [4.78, 5) is 44.0. The molecule has 2 amide bonds. The van der Waals surface area contributed by atoms with E-state index in [1.165, 1.54) is 6.20 Å². The molecule has 0 saturated heterocycles. The zero-order chi connectivity index (χ0) is 22.9. The molecule has 10 heteroatoms. The van der Waals surface area contributed by atoms with Crippen molar-refractivity contribution in [1.29, 1.82) is 0 Å². The second kappa shape index (κ2) is 8.23. The first-order valence-electron chi connectivity index (χ1n) is 10.4. The van der Waals surface area contributed by atoms with E-state index in [0.29, 0.717) is 34.0 Å². The molecule has 1 aliphatic rings. The summed E-state index contributed by atoms with van der Waals surface area (Å²) in [5, 5.41) is 10.2. The van der Waals surface area contributed by atoms with Gasteiger partial charge in [0.25, 0.3) is 11.5 Å². The van der Waals surface area contributed by atoms with Crippen LogP contribution in [0.5, 0.6) is 5.75 Å². The third kappa shape index (κ3) is 4.05. The molecule has 0 unspecified atom stereocenters. The van der Waals surface area contributed by atoms with Gasteiger partial charge in [-0.05, 0) is 37.3 Å². The summed E-state index contributed by atoms with van der Waals surface area (Å²) < 4.78 is 7.11. The number of nitrogens with zero attached hydrogens (tertiary/aromatic N) is 3. The highest BCUT2D eigenvalue weighted by atomic mass is 16.5.